The van der Waals surface area contributed by atoms with Crippen molar-refractivity contribution in [3.63, 3.8) is 0 Å². The van der Waals surface area contributed by atoms with Crippen LogP contribution in [-0.2, 0) is 0 Å². The van der Waals surface area contributed by atoms with E-state index in [4.69, 9.17) is 9.47 Å². The predicted molar refractivity (Wildman–Crippen MR) is 186 cm³/mol. The van der Waals surface area contributed by atoms with Crippen LogP contribution in [0.2, 0.25) is 0 Å². The van der Waals surface area contributed by atoms with Gasteiger partial charge in [-0.3, -0.25) is 4.90 Å². The van der Waals surface area contributed by atoms with Crippen LogP contribution in [0.5, 0.6) is 23.0 Å². The summed E-state index contributed by atoms with van der Waals surface area (Å²) >= 11 is 0. The van der Waals surface area contributed by atoms with Crippen LogP contribution in [0.25, 0.3) is 49.7 Å². The number of ether oxygens (including phenoxy) is 2. The van der Waals surface area contributed by atoms with Crippen LogP contribution in [0, 0.1) is 0 Å². The number of hydrogen-bond donors (Lipinski definition) is 0. The molecule has 1 aromatic heterocycles. The predicted octanol–water partition coefficient (Wildman–Crippen LogP) is 11.8. The molecule has 4 heteroatoms. The Morgan fingerprint density at radius 3 is 1.63 bits per heavy atom. The smallest absolute Gasteiger partial charge is 0.180 e. The molecule has 0 saturated heterocycles. The number of nitrogens with zero attached hydrogens (tertiary/aromatic N) is 2. The molecule has 4 nitrogen and oxygen atoms in total. The molecule has 0 atom stereocenters. The van der Waals surface area contributed by atoms with E-state index in [1.54, 1.807) is 0 Å². The number of aromatic nitrogens is 1. The van der Waals surface area contributed by atoms with Crippen LogP contribution in [0.3, 0.4) is 0 Å². The quantitative estimate of drug-likeness (QED) is 0.205. The van der Waals surface area contributed by atoms with Crippen molar-refractivity contribution in [2.45, 2.75) is 0 Å². The summed E-state index contributed by atoms with van der Waals surface area (Å²) in [5, 5.41) is 2.23. The minimum absolute atomic E-state index is 0.772. The average molecular weight is 591 g/mol. The lowest BCUT2D eigenvalue weighted by Gasteiger charge is -2.38. The summed E-state index contributed by atoms with van der Waals surface area (Å²) < 4.78 is 16.2. The Morgan fingerprint density at radius 2 is 0.978 bits per heavy atom. The van der Waals surface area contributed by atoms with E-state index >= 15 is 0 Å². The molecular weight excluding hydrogens is 564 g/mol. The second-order valence-corrected chi connectivity index (χ2v) is 11.8. The summed E-state index contributed by atoms with van der Waals surface area (Å²) in [5.74, 6) is 3.17. The summed E-state index contributed by atoms with van der Waals surface area (Å²) in [6, 6.07) is 55.2. The molecule has 2 aliphatic rings. The van der Waals surface area contributed by atoms with E-state index in [9.17, 15) is 0 Å². The molecule has 0 saturated carbocycles. The molecule has 10 rings (SSSR count). The largest absolute Gasteiger partial charge is 0.453 e. The van der Waals surface area contributed by atoms with Crippen LogP contribution in [0.15, 0.2) is 158 Å². The zero-order valence-corrected chi connectivity index (χ0v) is 24.7. The third-order valence-corrected chi connectivity index (χ3v) is 9.14. The molecule has 0 radical (unpaired) electrons. The first kappa shape index (κ1) is 25.1. The topological polar surface area (TPSA) is 26.6 Å². The lowest BCUT2D eigenvalue weighted by molar-refractivity contribution is 0.449. The maximum atomic E-state index is 7.06. The normalized spacial score (nSPS) is 12.7. The molecule has 8 aromatic rings. The Labute approximate surface area is 265 Å². The van der Waals surface area contributed by atoms with Crippen molar-refractivity contribution in [1.82, 2.24) is 4.57 Å². The Kier molecular flexibility index (Phi) is 5.25. The molecule has 0 aliphatic carbocycles. The van der Waals surface area contributed by atoms with Gasteiger partial charge in [-0.15, -0.1) is 0 Å². The molecule has 3 heterocycles. The fourth-order valence-corrected chi connectivity index (χ4v) is 7.07. The number of hydrogen-bond acceptors (Lipinski definition) is 3. The monoisotopic (exact) mass is 590 g/mol. The number of fused-ring (bicyclic) bond motifs is 8. The standard InChI is InChI=1S/C42H26N2O2/c1-4-12-27(13-5-1)29-20-22-35-37(24-29)45-39-26-33-32-18-10-11-19-34(32)43(31-16-8-3-9-17-31)40(33)42-41(39)44(35)36-23-21-30(25-38(36)46-42)28-14-6-2-7-15-28/h1-26H. The second-order valence-electron chi connectivity index (χ2n) is 11.8. The van der Waals surface area contributed by atoms with Crippen molar-refractivity contribution in [2.75, 3.05) is 4.90 Å². The van der Waals surface area contributed by atoms with Crippen LogP contribution in [-0.4, -0.2) is 4.57 Å². The van der Waals surface area contributed by atoms with Crippen LogP contribution in [0.1, 0.15) is 0 Å². The van der Waals surface area contributed by atoms with Gasteiger partial charge in [0.05, 0.1) is 22.4 Å². The lowest BCUT2D eigenvalue weighted by atomic mass is 9.99. The Bertz CT molecular complexity index is 2460. The molecular formula is C42H26N2O2. The summed E-state index contributed by atoms with van der Waals surface area (Å²) in [6.45, 7) is 0. The minimum Gasteiger partial charge on any atom is -0.453 e. The van der Waals surface area contributed by atoms with Crippen molar-refractivity contribution in [1.29, 1.82) is 0 Å². The van der Waals surface area contributed by atoms with E-state index in [2.05, 4.69) is 155 Å². The zero-order valence-electron chi connectivity index (χ0n) is 24.7. The SMILES string of the molecule is c1ccc(-c2ccc3c(c2)Oc2cc4c5ccccc5n(-c5ccccc5)c4c4c2N3c2ccc(-c3ccccc3)cc2O4)cc1. The van der Waals surface area contributed by atoms with E-state index in [-0.39, 0.29) is 0 Å². The third-order valence-electron chi connectivity index (χ3n) is 9.14. The van der Waals surface area contributed by atoms with E-state index < -0.39 is 0 Å². The number of rotatable bonds is 3. The van der Waals surface area contributed by atoms with Gasteiger partial charge in [-0.2, -0.15) is 0 Å². The maximum absolute atomic E-state index is 7.06. The highest BCUT2D eigenvalue weighted by molar-refractivity contribution is 6.15. The molecule has 0 N–H and O–H groups in total. The number of benzene rings is 7. The van der Waals surface area contributed by atoms with Gasteiger partial charge in [-0.25, -0.2) is 0 Å². The van der Waals surface area contributed by atoms with Crippen molar-refractivity contribution in [3.8, 4) is 50.9 Å². The summed E-state index contributed by atoms with van der Waals surface area (Å²) in [6.07, 6.45) is 0. The Hall–Kier alpha value is -6.26. The molecule has 0 unspecified atom stereocenters. The van der Waals surface area contributed by atoms with E-state index in [1.807, 2.05) is 12.1 Å². The van der Waals surface area contributed by atoms with E-state index in [0.717, 1.165) is 89.8 Å². The van der Waals surface area contributed by atoms with Gasteiger partial charge in [-0.05, 0) is 70.8 Å². The van der Waals surface area contributed by atoms with Gasteiger partial charge < -0.3 is 14.0 Å². The molecule has 0 bridgehead atoms. The minimum atomic E-state index is 0.772. The fraction of sp³-hybridized carbons (Fsp3) is 0. The third kappa shape index (κ3) is 3.61. The molecule has 0 amide bonds. The van der Waals surface area contributed by atoms with Crippen LogP contribution >= 0.6 is 0 Å². The van der Waals surface area contributed by atoms with Gasteiger partial charge >= 0.3 is 0 Å². The average Bonchev–Trinajstić information content (AvgIpc) is 3.46. The number of para-hydroxylation sites is 2. The van der Waals surface area contributed by atoms with Gasteiger partial charge in [-0.1, -0.05) is 109 Å². The first-order valence-electron chi connectivity index (χ1n) is 15.5. The number of anilines is 3. The lowest BCUT2D eigenvalue weighted by Crippen LogP contribution is -2.20. The highest BCUT2D eigenvalue weighted by Crippen LogP contribution is 2.63. The van der Waals surface area contributed by atoms with E-state index in [1.165, 1.54) is 0 Å². The van der Waals surface area contributed by atoms with Crippen molar-refractivity contribution in [2.24, 2.45) is 0 Å². The highest BCUT2D eigenvalue weighted by atomic mass is 16.5. The zero-order chi connectivity index (χ0) is 30.2. The summed E-state index contributed by atoms with van der Waals surface area (Å²) in [7, 11) is 0. The second kappa shape index (κ2) is 9.62. The first-order valence-corrected chi connectivity index (χ1v) is 15.5. The molecule has 216 valence electrons. The van der Waals surface area contributed by atoms with Gasteiger partial charge in [0.1, 0.15) is 5.69 Å². The van der Waals surface area contributed by atoms with Crippen molar-refractivity contribution < 1.29 is 9.47 Å². The molecule has 7 aromatic carbocycles. The molecule has 0 spiro atoms. The molecule has 46 heavy (non-hydrogen) atoms. The van der Waals surface area contributed by atoms with Crippen molar-refractivity contribution >= 4 is 38.9 Å². The highest BCUT2D eigenvalue weighted by Gasteiger charge is 2.38. The fourth-order valence-electron chi connectivity index (χ4n) is 7.07. The van der Waals surface area contributed by atoms with Gasteiger partial charge in [0.2, 0.25) is 0 Å². The molecule has 2 aliphatic heterocycles. The summed E-state index contributed by atoms with van der Waals surface area (Å²) in [5.41, 5.74) is 10.6. The van der Waals surface area contributed by atoms with E-state index in [0.29, 0.717) is 0 Å². The summed E-state index contributed by atoms with van der Waals surface area (Å²) in [4.78, 5) is 2.32. The Balaban J connectivity index is 1.29. The first-order chi connectivity index (χ1) is 22.8. The van der Waals surface area contributed by atoms with Gasteiger partial charge in [0.25, 0.3) is 0 Å². The van der Waals surface area contributed by atoms with Crippen LogP contribution in [0.4, 0.5) is 17.1 Å². The molecule has 0 fully saturated rings. The van der Waals surface area contributed by atoms with Gasteiger partial charge in [0.15, 0.2) is 23.0 Å². The van der Waals surface area contributed by atoms with Crippen molar-refractivity contribution in [3.05, 3.63) is 158 Å². The van der Waals surface area contributed by atoms with Crippen LogP contribution < -0.4 is 14.4 Å². The maximum Gasteiger partial charge on any atom is 0.180 e. The Morgan fingerprint density at radius 1 is 0.413 bits per heavy atom. The van der Waals surface area contributed by atoms with Gasteiger partial charge in [0, 0.05) is 16.5 Å².